The van der Waals surface area contributed by atoms with Gasteiger partial charge in [0.2, 0.25) is 0 Å². The number of halogens is 3. The maximum atomic E-state index is 11.7. The van der Waals surface area contributed by atoms with Crippen molar-refractivity contribution in [3.8, 4) is 5.75 Å². The fourth-order valence-corrected chi connectivity index (χ4v) is 1.23. The van der Waals surface area contributed by atoms with Gasteiger partial charge in [0, 0.05) is 16.9 Å². The zero-order chi connectivity index (χ0) is 10.6. The van der Waals surface area contributed by atoms with Crippen molar-refractivity contribution in [1.82, 2.24) is 0 Å². The molecule has 78 valence electrons. The number of hydrogen-bond acceptors (Lipinski definition) is 3. The average molecular weight is 224 g/mol. The lowest BCUT2D eigenvalue weighted by molar-refractivity contribution is -0.274. The molecule has 0 aromatic heterocycles. The minimum atomic E-state index is -4.64. The molecule has 1 aromatic carbocycles. The molecule has 0 saturated heterocycles. The molecule has 0 aliphatic carbocycles. The highest BCUT2D eigenvalue weighted by atomic mass is 32.2. The van der Waals surface area contributed by atoms with Gasteiger partial charge in [-0.1, -0.05) is 0 Å². The molecule has 2 nitrogen and oxygen atoms in total. The van der Waals surface area contributed by atoms with Crippen molar-refractivity contribution in [1.29, 1.82) is 0 Å². The highest BCUT2D eigenvalue weighted by molar-refractivity contribution is 7.94. The van der Waals surface area contributed by atoms with E-state index in [0.29, 0.717) is 4.90 Å². The molecule has 0 unspecified atom stereocenters. The lowest BCUT2D eigenvalue weighted by Gasteiger charge is -2.08. The summed E-state index contributed by atoms with van der Waals surface area (Å²) < 4.78 is 43.6. The summed E-state index contributed by atoms with van der Waals surface area (Å²) in [5, 5.41) is 0. The summed E-state index contributed by atoms with van der Waals surface area (Å²) in [5.74, 6) is -0.238. The van der Waals surface area contributed by atoms with Crippen molar-refractivity contribution < 1.29 is 22.1 Å². The van der Waals surface area contributed by atoms with Crippen LogP contribution in [0.3, 0.4) is 0 Å². The van der Waals surface area contributed by atoms with Crippen LogP contribution in [0, 0.1) is 0 Å². The van der Waals surface area contributed by atoms with Crippen molar-refractivity contribution >= 4 is 12.0 Å². The number of alkyl halides is 3. The van der Waals surface area contributed by atoms with Gasteiger partial charge in [0.25, 0.3) is 0 Å². The number of benzene rings is 1. The highest BCUT2D eigenvalue weighted by Gasteiger charge is 2.30. The van der Waals surface area contributed by atoms with E-state index >= 15 is 0 Å². The maximum Gasteiger partial charge on any atom is 0.573 e. The summed E-state index contributed by atoms with van der Waals surface area (Å²) in [5.41, 5.74) is 0. The van der Waals surface area contributed by atoms with E-state index in [4.69, 9.17) is 4.18 Å². The van der Waals surface area contributed by atoms with Crippen LogP contribution in [0.15, 0.2) is 29.2 Å². The van der Waals surface area contributed by atoms with Crippen LogP contribution >= 0.6 is 12.0 Å². The molecule has 6 heteroatoms. The maximum absolute atomic E-state index is 11.7. The first-order valence-corrected chi connectivity index (χ1v) is 4.32. The summed E-state index contributed by atoms with van der Waals surface area (Å²) in [6.07, 6.45) is -4.64. The van der Waals surface area contributed by atoms with Crippen molar-refractivity contribution in [3.63, 3.8) is 0 Å². The molecule has 0 aliphatic heterocycles. The van der Waals surface area contributed by atoms with E-state index in [0.717, 1.165) is 12.0 Å². The Morgan fingerprint density at radius 1 is 1.14 bits per heavy atom. The van der Waals surface area contributed by atoms with Gasteiger partial charge in [-0.2, -0.15) is 0 Å². The first kappa shape index (κ1) is 11.2. The second-order valence-corrected chi connectivity index (χ2v) is 3.24. The van der Waals surface area contributed by atoms with Crippen LogP contribution < -0.4 is 4.74 Å². The summed E-state index contributed by atoms with van der Waals surface area (Å²) >= 11 is 1.07. The number of rotatable bonds is 3. The Morgan fingerprint density at radius 3 is 2.14 bits per heavy atom. The molecule has 0 spiro atoms. The molecule has 14 heavy (non-hydrogen) atoms. The number of ether oxygens (including phenoxy) is 1. The molecular weight excluding hydrogens is 217 g/mol. The zero-order valence-corrected chi connectivity index (χ0v) is 7.98. The van der Waals surface area contributed by atoms with E-state index in [9.17, 15) is 13.2 Å². The van der Waals surface area contributed by atoms with E-state index in [1.165, 1.54) is 31.4 Å². The Balaban J connectivity index is 2.64. The third-order valence-electron chi connectivity index (χ3n) is 1.24. The topological polar surface area (TPSA) is 18.5 Å². The highest BCUT2D eigenvalue weighted by Crippen LogP contribution is 2.25. The van der Waals surface area contributed by atoms with E-state index in [1.807, 2.05) is 0 Å². The third kappa shape index (κ3) is 3.89. The lowest BCUT2D eigenvalue weighted by atomic mass is 10.3. The Bertz CT molecular complexity index is 284. The van der Waals surface area contributed by atoms with Gasteiger partial charge >= 0.3 is 6.36 Å². The second-order valence-electron chi connectivity index (χ2n) is 2.27. The summed E-state index contributed by atoms with van der Waals surface area (Å²) in [7, 11) is 1.48. The van der Waals surface area contributed by atoms with Gasteiger partial charge in [-0.15, -0.1) is 13.2 Å². The van der Waals surface area contributed by atoms with Crippen molar-refractivity contribution in [3.05, 3.63) is 24.3 Å². The molecule has 0 saturated carbocycles. The van der Waals surface area contributed by atoms with Crippen molar-refractivity contribution in [2.75, 3.05) is 7.11 Å². The van der Waals surface area contributed by atoms with Crippen LogP contribution in [-0.2, 0) is 4.18 Å². The zero-order valence-electron chi connectivity index (χ0n) is 7.17. The molecule has 1 rings (SSSR count). The lowest BCUT2D eigenvalue weighted by Crippen LogP contribution is -2.16. The molecule has 0 heterocycles. The first-order chi connectivity index (χ1) is 6.51. The van der Waals surface area contributed by atoms with Crippen LogP contribution in [0.25, 0.3) is 0 Å². The molecule has 0 N–H and O–H groups in total. The van der Waals surface area contributed by atoms with Gasteiger partial charge in [0.1, 0.15) is 5.75 Å². The van der Waals surface area contributed by atoms with E-state index in [-0.39, 0.29) is 5.75 Å². The van der Waals surface area contributed by atoms with Crippen LogP contribution in [0.2, 0.25) is 0 Å². The van der Waals surface area contributed by atoms with Crippen LogP contribution in [0.1, 0.15) is 0 Å². The molecule has 1 aromatic rings. The van der Waals surface area contributed by atoms with Crippen LogP contribution in [0.4, 0.5) is 13.2 Å². The summed E-state index contributed by atoms with van der Waals surface area (Å²) in [4.78, 5) is 0.710. The van der Waals surface area contributed by atoms with Gasteiger partial charge in [-0.3, -0.25) is 0 Å². The van der Waals surface area contributed by atoms with Crippen LogP contribution in [0.5, 0.6) is 5.75 Å². The second kappa shape index (κ2) is 4.56. The largest absolute Gasteiger partial charge is 0.573 e. The Labute approximate surface area is 83.2 Å². The monoisotopic (exact) mass is 224 g/mol. The third-order valence-corrected chi connectivity index (χ3v) is 1.87. The SMILES string of the molecule is COSc1ccc(OC(F)(F)F)cc1. The van der Waals surface area contributed by atoms with Crippen LogP contribution in [-0.4, -0.2) is 13.5 Å². The molecule has 0 aliphatic rings. The Kier molecular flexibility index (Phi) is 3.65. The molecule has 0 radical (unpaired) electrons. The van der Waals surface area contributed by atoms with Crippen molar-refractivity contribution in [2.45, 2.75) is 11.3 Å². The first-order valence-electron chi connectivity index (χ1n) is 3.58. The van der Waals surface area contributed by atoms with Gasteiger partial charge < -0.3 is 8.92 Å². The quantitative estimate of drug-likeness (QED) is 0.734. The minimum absolute atomic E-state index is 0.238. The molecule has 0 bridgehead atoms. The Hall–Kier alpha value is -0.880. The van der Waals surface area contributed by atoms with E-state index in [2.05, 4.69) is 4.74 Å². The van der Waals surface area contributed by atoms with E-state index < -0.39 is 6.36 Å². The van der Waals surface area contributed by atoms with Gasteiger partial charge in [0.05, 0.1) is 7.11 Å². The summed E-state index contributed by atoms with van der Waals surface area (Å²) in [6, 6.07) is 5.42. The predicted molar refractivity (Wildman–Crippen MR) is 46.0 cm³/mol. The number of hydrogen-bond donors (Lipinski definition) is 0. The predicted octanol–water partition coefficient (Wildman–Crippen LogP) is 3.24. The van der Waals surface area contributed by atoms with E-state index in [1.54, 1.807) is 0 Å². The molecule has 0 amide bonds. The van der Waals surface area contributed by atoms with Gasteiger partial charge in [0.15, 0.2) is 0 Å². The smallest absolute Gasteiger partial charge is 0.406 e. The summed E-state index contributed by atoms with van der Waals surface area (Å²) in [6.45, 7) is 0. The fourth-order valence-electron chi connectivity index (χ4n) is 0.793. The van der Waals surface area contributed by atoms with Gasteiger partial charge in [-0.25, -0.2) is 0 Å². The van der Waals surface area contributed by atoms with Gasteiger partial charge in [-0.05, 0) is 24.3 Å². The average Bonchev–Trinajstić information content (AvgIpc) is 2.06. The fraction of sp³-hybridized carbons (Fsp3) is 0.250. The molecule has 0 atom stereocenters. The molecule has 0 fully saturated rings. The molecular formula is C8H7F3O2S. The Morgan fingerprint density at radius 2 is 1.71 bits per heavy atom. The normalized spacial score (nSPS) is 11.4. The minimum Gasteiger partial charge on any atom is -0.406 e. The standard InChI is InChI=1S/C8H7F3O2S/c1-12-14-7-4-2-6(3-5-7)13-8(9,10)11/h2-5H,1H3. The van der Waals surface area contributed by atoms with Crippen molar-refractivity contribution in [2.24, 2.45) is 0 Å².